The molecule has 5 nitrogen and oxygen atoms in total. The second kappa shape index (κ2) is 10.1. The Bertz CT molecular complexity index is 1810. The lowest BCUT2D eigenvalue weighted by Gasteiger charge is -2.32. The molecule has 0 atom stereocenters. The van der Waals surface area contributed by atoms with E-state index in [0.29, 0.717) is 23.0 Å². The normalized spacial score (nSPS) is 12.2. The molecule has 0 amide bonds. The number of phenols is 1. The highest BCUT2D eigenvalue weighted by molar-refractivity contribution is 5.89. The Hall–Kier alpha value is -4.12. The van der Waals surface area contributed by atoms with Crippen LogP contribution in [0.1, 0.15) is 75.2 Å². The Labute approximate surface area is 243 Å². The van der Waals surface area contributed by atoms with E-state index in [1.54, 1.807) is 6.07 Å². The van der Waals surface area contributed by atoms with Gasteiger partial charge in [-0.15, -0.1) is 0 Å². The summed E-state index contributed by atoms with van der Waals surface area (Å²) in [7, 11) is 0. The summed E-state index contributed by atoms with van der Waals surface area (Å²) in [6.07, 6.45) is 0. The SMILES string of the molecule is Cc1cc(C)c2cccc(Oc3c(O)cc(C(C)(C)C)c(Oc4cccc5c(C)cc(C)nc45)c3C(C)(C)C)c2n1. The molecule has 0 aliphatic carbocycles. The summed E-state index contributed by atoms with van der Waals surface area (Å²) in [6.45, 7) is 20.8. The number of aromatic hydroxyl groups is 1. The molecule has 0 aliphatic heterocycles. The van der Waals surface area contributed by atoms with E-state index < -0.39 is 5.41 Å². The second-order valence-corrected chi connectivity index (χ2v) is 13.1. The maximum absolute atomic E-state index is 11.6. The van der Waals surface area contributed by atoms with Gasteiger partial charge in [-0.1, -0.05) is 65.8 Å². The van der Waals surface area contributed by atoms with Gasteiger partial charge in [0, 0.05) is 33.3 Å². The lowest BCUT2D eigenvalue weighted by atomic mass is 9.78. The third-order valence-corrected chi connectivity index (χ3v) is 7.47. The van der Waals surface area contributed by atoms with E-state index in [1.165, 1.54) is 0 Å². The molecule has 41 heavy (non-hydrogen) atoms. The van der Waals surface area contributed by atoms with Crippen molar-refractivity contribution in [3.05, 3.63) is 88.2 Å². The maximum Gasteiger partial charge on any atom is 0.176 e. The van der Waals surface area contributed by atoms with Gasteiger partial charge in [-0.3, -0.25) is 0 Å². The molecule has 3 aromatic carbocycles. The Balaban J connectivity index is 1.80. The first-order valence-corrected chi connectivity index (χ1v) is 14.2. The molecular formula is C36H40N2O3. The molecule has 0 saturated heterocycles. The van der Waals surface area contributed by atoms with E-state index in [1.807, 2.05) is 44.2 Å². The third-order valence-electron chi connectivity index (χ3n) is 7.47. The Morgan fingerprint density at radius 1 is 0.610 bits per heavy atom. The van der Waals surface area contributed by atoms with Crippen molar-refractivity contribution in [2.24, 2.45) is 0 Å². The van der Waals surface area contributed by atoms with Crippen molar-refractivity contribution in [1.29, 1.82) is 0 Å². The van der Waals surface area contributed by atoms with Gasteiger partial charge in [0.25, 0.3) is 0 Å². The fourth-order valence-electron chi connectivity index (χ4n) is 5.58. The van der Waals surface area contributed by atoms with Crippen molar-refractivity contribution >= 4 is 21.8 Å². The molecule has 0 bridgehead atoms. The molecule has 212 valence electrons. The van der Waals surface area contributed by atoms with Crippen molar-refractivity contribution in [1.82, 2.24) is 9.97 Å². The summed E-state index contributed by atoms with van der Waals surface area (Å²) in [4.78, 5) is 9.67. The molecule has 0 radical (unpaired) electrons. The highest BCUT2D eigenvalue weighted by Gasteiger charge is 2.34. The number of hydrogen-bond donors (Lipinski definition) is 1. The van der Waals surface area contributed by atoms with Crippen molar-refractivity contribution < 1.29 is 14.6 Å². The topological polar surface area (TPSA) is 64.5 Å². The van der Waals surface area contributed by atoms with Gasteiger partial charge in [-0.2, -0.15) is 0 Å². The van der Waals surface area contributed by atoms with E-state index in [0.717, 1.165) is 55.4 Å². The number of para-hydroxylation sites is 2. The molecule has 1 N–H and O–H groups in total. The number of pyridine rings is 2. The van der Waals surface area contributed by atoms with Gasteiger partial charge < -0.3 is 14.6 Å². The van der Waals surface area contributed by atoms with Crippen LogP contribution in [0.4, 0.5) is 0 Å². The Kier molecular flexibility index (Phi) is 6.97. The molecule has 0 unspecified atom stereocenters. The minimum Gasteiger partial charge on any atom is -0.504 e. The van der Waals surface area contributed by atoms with Gasteiger partial charge >= 0.3 is 0 Å². The number of hydrogen-bond acceptors (Lipinski definition) is 5. The van der Waals surface area contributed by atoms with Crippen LogP contribution < -0.4 is 9.47 Å². The average Bonchev–Trinajstić information content (AvgIpc) is 2.85. The van der Waals surface area contributed by atoms with Crippen LogP contribution in [0.5, 0.6) is 28.7 Å². The van der Waals surface area contributed by atoms with Crippen LogP contribution in [0.25, 0.3) is 21.8 Å². The maximum atomic E-state index is 11.6. The minimum absolute atomic E-state index is 0.0660. The van der Waals surface area contributed by atoms with Gasteiger partial charge in [-0.25, -0.2) is 9.97 Å². The van der Waals surface area contributed by atoms with Gasteiger partial charge in [0.05, 0.1) is 0 Å². The van der Waals surface area contributed by atoms with E-state index in [-0.39, 0.29) is 11.2 Å². The second-order valence-electron chi connectivity index (χ2n) is 13.1. The Morgan fingerprint density at radius 2 is 1.07 bits per heavy atom. The van der Waals surface area contributed by atoms with E-state index >= 15 is 0 Å². The molecule has 5 aromatic rings. The average molecular weight is 549 g/mol. The van der Waals surface area contributed by atoms with Crippen molar-refractivity contribution in [3.63, 3.8) is 0 Å². The molecule has 0 saturated carbocycles. The van der Waals surface area contributed by atoms with Crippen molar-refractivity contribution in [3.8, 4) is 28.7 Å². The largest absolute Gasteiger partial charge is 0.504 e. The molecular weight excluding hydrogens is 508 g/mol. The first-order valence-electron chi connectivity index (χ1n) is 14.2. The number of ether oxygens (including phenoxy) is 2. The van der Waals surface area contributed by atoms with Gasteiger partial charge in [0.1, 0.15) is 16.8 Å². The number of fused-ring (bicyclic) bond motifs is 2. The van der Waals surface area contributed by atoms with Crippen molar-refractivity contribution in [2.45, 2.75) is 80.1 Å². The van der Waals surface area contributed by atoms with Crippen LogP contribution in [0.15, 0.2) is 54.6 Å². The van der Waals surface area contributed by atoms with E-state index in [2.05, 4.69) is 73.6 Å². The molecule has 0 spiro atoms. The summed E-state index contributed by atoms with van der Waals surface area (Å²) in [5, 5.41) is 13.6. The smallest absolute Gasteiger partial charge is 0.176 e. The monoisotopic (exact) mass is 548 g/mol. The number of nitrogens with zero attached hydrogens (tertiary/aromatic N) is 2. The van der Waals surface area contributed by atoms with Crippen LogP contribution in [0.3, 0.4) is 0 Å². The summed E-state index contributed by atoms with van der Waals surface area (Å²) < 4.78 is 13.6. The van der Waals surface area contributed by atoms with Gasteiger partial charge in [-0.05, 0) is 80.0 Å². The van der Waals surface area contributed by atoms with E-state index in [9.17, 15) is 5.11 Å². The van der Waals surface area contributed by atoms with Gasteiger partial charge in [0.2, 0.25) is 0 Å². The predicted molar refractivity (Wildman–Crippen MR) is 168 cm³/mol. The molecule has 5 heteroatoms. The number of aromatic nitrogens is 2. The zero-order valence-electron chi connectivity index (χ0n) is 25.9. The van der Waals surface area contributed by atoms with Crippen LogP contribution in [-0.2, 0) is 10.8 Å². The van der Waals surface area contributed by atoms with Gasteiger partial charge in [0.15, 0.2) is 23.0 Å². The van der Waals surface area contributed by atoms with Crippen LogP contribution in [0, 0.1) is 27.7 Å². The molecule has 0 fully saturated rings. The summed E-state index contributed by atoms with van der Waals surface area (Å²) in [6, 6.07) is 17.9. The molecule has 5 rings (SSSR count). The lowest BCUT2D eigenvalue weighted by Crippen LogP contribution is -2.20. The zero-order chi connectivity index (χ0) is 29.9. The fourth-order valence-corrected chi connectivity index (χ4v) is 5.58. The summed E-state index contributed by atoms with van der Waals surface area (Å²) in [5.41, 5.74) is 6.58. The van der Waals surface area contributed by atoms with Crippen LogP contribution >= 0.6 is 0 Å². The zero-order valence-corrected chi connectivity index (χ0v) is 25.9. The molecule has 2 aromatic heterocycles. The first kappa shape index (κ1) is 28.4. The van der Waals surface area contributed by atoms with Crippen molar-refractivity contribution in [2.75, 3.05) is 0 Å². The quantitative estimate of drug-likeness (QED) is 0.242. The number of benzene rings is 3. The highest BCUT2D eigenvalue weighted by Crippen LogP contribution is 2.52. The van der Waals surface area contributed by atoms with E-state index in [4.69, 9.17) is 19.4 Å². The number of aryl methyl sites for hydroxylation is 4. The third kappa shape index (κ3) is 5.33. The summed E-state index contributed by atoms with van der Waals surface area (Å²) >= 11 is 0. The fraction of sp³-hybridized carbons (Fsp3) is 0.333. The number of phenolic OH excluding ortho intramolecular Hbond substituents is 1. The molecule has 0 aliphatic rings. The Morgan fingerprint density at radius 3 is 1.51 bits per heavy atom. The molecule has 2 heterocycles. The first-order chi connectivity index (χ1) is 19.1. The van der Waals surface area contributed by atoms with Crippen LogP contribution in [0.2, 0.25) is 0 Å². The standard InChI is InChI=1S/C36H40N2O3/c1-20-17-22(3)37-31-24(20)13-11-15-28(31)40-33-26(35(5,6)7)19-27(39)34(30(33)36(8,9)10)41-29-16-12-14-25-21(2)18-23(4)38-32(25)29/h11-19,39H,1-10H3. The predicted octanol–water partition coefficient (Wildman–Crippen LogP) is 9.90. The number of rotatable bonds is 4. The van der Waals surface area contributed by atoms with Crippen LogP contribution in [-0.4, -0.2) is 15.1 Å². The highest BCUT2D eigenvalue weighted by atomic mass is 16.5. The summed E-state index contributed by atoms with van der Waals surface area (Å²) in [5.74, 6) is 2.36. The lowest BCUT2D eigenvalue weighted by molar-refractivity contribution is 0.377. The minimum atomic E-state index is -0.447.